The highest BCUT2D eigenvalue weighted by Gasteiger charge is 2.26. The molecule has 0 radical (unpaired) electrons. The molecule has 0 saturated heterocycles. The van der Waals surface area contributed by atoms with Gasteiger partial charge in [0.2, 0.25) is 5.82 Å². The van der Waals surface area contributed by atoms with Gasteiger partial charge < -0.3 is 9.72 Å². The van der Waals surface area contributed by atoms with Gasteiger partial charge in [-0.25, -0.2) is 26.7 Å². The molecule has 23 heavy (non-hydrogen) atoms. The number of ether oxygens (including phenoxy) is 1. The van der Waals surface area contributed by atoms with Crippen LogP contribution in [0.4, 0.5) is 22.0 Å². The van der Waals surface area contributed by atoms with Crippen LogP contribution in [-0.4, -0.2) is 16.7 Å². The first kappa shape index (κ1) is 16.7. The van der Waals surface area contributed by atoms with Crippen LogP contribution < -0.4 is 0 Å². The summed E-state index contributed by atoms with van der Waals surface area (Å²) in [4.78, 5) is 25.1. The van der Waals surface area contributed by atoms with Crippen LogP contribution in [0.5, 0.6) is 0 Å². The lowest BCUT2D eigenvalue weighted by molar-refractivity contribution is 0.0456. The van der Waals surface area contributed by atoms with Crippen LogP contribution in [0.25, 0.3) is 0 Å². The lowest BCUT2D eigenvalue weighted by atomic mass is 10.2. The Kier molecular flexibility index (Phi) is 4.48. The minimum Gasteiger partial charge on any atom is -0.456 e. The summed E-state index contributed by atoms with van der Waals surface area (Å²) in [5, 5.41) is 0. The molecule has 0 atom stereocenters. The zero-order chi connectivity index (χ0) is 17.3. The Morgan fingerprint density at radius 1 is 1.00 bits per heavy atom. The molecule has 1 aromatic carbocycles. The Bertz CT molecular complexity index is 771. The SMILES string of the molecule is CC(=O)c1c[nH]c(C(=O)OCc2c(F)c(F)c(F)c(F)c2F)c1. The number of hydrogen-bond acceptors (Lipinski definition) is 3. The van der Waals surface area contributed by atoms with Crippen LogP contribution in [0, 0.1) is 29.1 Å². The Morgan fingerprint density at radius 2 is 1.52 bits per heavy atom. The minimum atomic E-state index is -2.30. The van der Waals surface area contributed by atoms with Crippen molar-refractivity contribution in [1.29, 1.82) is 0 Å². The number of nitrogens with one attached hydrogen (secondary N) is 1. The molecule has 0 amide bonds. The normalized spacial score (nSPS) is 10.7. The number of Topliss-reactive ketones (excluding diaryl/α,β-unsaturated/α-hetero) is 1. The molecule has 0 fully saturated rings. The van der Waals surface area contributed by atoms with Gasteiger partial charge in [0.15, 0.2) is 29.1 Å². The van der Waals surface area contributed by atoms with Gasteiger partial charge in [0, 0.05) is 11.8 Å². The van der Waals surface area contributed by atoms with Crippen molar-refractivity contribution in [2.24, 2.45) is 0 Å². The third kappa shape index (κ3) is 3.08. The topological polar surface area (TPSA) is 59.2 Å². The summed E-state index contributed by atoms with van der Waals surface area (Å²) in [7, 11) is 0. The van der Waals surface area contributed by atoms with Gasteiger partial charge in [-0.15, -0.1) is 0 Å². The van der Waals surface area contributed by atoms with E-state index in [1.807, 2.05) is 0 Å². The quantitative estimate of drug-likeness (QED) is 0.307. The van der Waals surface area contributed by atoms with Gasteiger partial charge in [0.05, 0.1) is 5.56 Å². The third-order valence-corrected chi connectivity index (χ3v) is 2.96. The van der Waals surface area contributed by atoms with Crippen molar-refractivity contribution in [3.8, 4) is 0 Å². The maximum Gasteiger partial charge on any atom is 0.355 e. The van der Waals surface area contributed by atoms with E-state index in [4.69, 9.17) is 0 Å². The largest absolute Gasteiger partial charge is 0.456 e. The Balaban J connectivity index is 2.20. The fourth-order valence-corrected chi connectivity index (χ4v) is 1.71. The number of hydrogen-bond donors (Lipinski definition) is 1. The first-order valence-electron chi connectivity index (χ1n) is 6.10. The van der Waals surface area contributed by atoms with Crippen LogP contribution in [-0.2, 0) is 11.3 Å². The molecule has 0 spiro atoms. The van der Waals surface area contributed by atoms with Gasteiger partial charge in [-0.3, -0.25) is 4.79 Å². The first-order chi connectivity index (χ1) is 10.7. The molecule has 0 bridgehead atoms. The molecule has 0 aliphatic heterocycles. The van der Waals surface area contributed by atoms with Crippen molar-refractivity contribution in [2.75, 3.05) is 0 Å². The Labute approximate surface area is 125 Å². The molecule has 0 aliphatic carbocycles. The molecule has 9 heteroatoms. The van der Waals surface area contributed by atoms with Crippen molar-refractivity contribution >= 4 is 11.8 Å². The molecule has 1 aromatic heterocycles. The molecule has 0 saturated carbocycles. The van der Waals surface area contributed by atoms with E-state index in [2.05, 4.69) is 9.72 Å². The summed E-state index contributed by atoms with van der Waals surface area (Å²) >= 11 is 0. The molecule has 122 valence electrons. The molecule has 0 aliphatic rings. The predicted octanol–water partition coefficient (Wildman–Crippen LogP) is 3.27. The van der Waals surface area contributed by atoms with Gasteiger partial charge in [-0.2, -0.15) is 0 Å². The second-order valence-corrected chi connectivity index (χ2v) is 4.48. The van der Waals surface area contributed by atoms with E-state index in [1.54, 1.807) is 0 Å². The highest BCUT2D eigenvalue weighted by atomic mass is 19.2. The fraction of sp³-hybridized carbons (Fsp3) is 0.143. The lowest BCUT2D eigenvalue weighted by Crippen LogP contribution is -2.12. The lowest BCUT2D eigenvalue weighted by Gasteiger charge is -2.08. The first-order valence-corrected chi connectivity index (χ1v) is 6.10. The molecule has 1 N–H and O–H groups in total. The summed E-state index contributed by atoms with van der Waals surface area (Å²) < 4.78 is 70.2. The van der Waals surface area contributed by atoms with Crippen LogP contribution in [0.3, 0.4) is 0 Å². The van der Waals surface area contributed by atoms with Crippen molar-refractivity contribution in [1.82, 2.24) is 4.98 Å². The highest BCUT2D eigenvalue weighted by molar-refractivity contribution is 5.97. The number of carbonyl (C=O) groups is 2. The fourth-order valence-electron chi connectivity index (χ4n) is 1.71. The number of esters is 1. The van der Waals surface area contributed by atoms with E-state index in [-0.39, 0.29) is 17.0 Å². The zero-order valence-corrected chi connectivity index (χ0v) is 11.5. The average Bonchev–Trinajstić information content (AvgIpc) is 3.01. The number of benzene rings is 1. The molecular formula is C14H8F5NO3. The summed E-state index contributed by atoms with van der Waals surface area (Å²) in [6.45, 7) is 0.0755. The smallest absolute Gasteiger partial charge is 0.355 e. The van der Waals surface area contributed by atoms with Crippen molar-refractivity contribution in [3.63, 3.8) is 0 Å². The number of aromatic amines is 1. The number of carbonyl (C=O) groups excluding carboxylic acids is 2. The number of rotatable bonds is 4. The average molecular weight is 333 g/mol. The second kappa shape index (κ2) is 6.19. The third-order valence-electron chi connectivity index (χ3n) is 2.96. The second-order valence-electron chi connectivity index (χ2n) is 4.48. The van der Waals surface area contributed by atoms with Gasteiger partial charge in [0.25, 0.3) is 0 Å². The molecule has 4 nitrogen and oxygen atoms in total. The number of ketones is 1. The van der Waals surface area contributed by atoms with Crippen LogP contribution in [0.1, 0.15) is 33.3 Å². The summed E-state index contributed by atoms with van der Waals surface area (Å²) in [5.41, 5.74) is -1.32. The zero-order valence-electron chi connectivity index (χ0n) is 11.5. The molecule has 0 unspecified atom stereocenters. The maximum atomic E-state index is 13.4. The molecule has 2 rings (SSSR count). The van der Waals surface area contributed by atoms with Crippen LogP contribution in [0.2, 0.25) is 0 Å². The van der Waals surface area contributed by atoms with Crippen molar-refractivity contribution in [2.45, 2.75) is 13.5 Å². The molecule has 1 heterocycles. The monoisotopic (exact) mass is 333 g/mol. The van der Waals surface area contributed by atoms with Gasteiger partial charge in [-0.05, 0) is 13.0 Å². The summed E-state index contributed by atoms with van der Waals surface area (Å²) in [5.74, 6) is -12.2. The van der Waals surface area contributed by atoms with E-state index in [0.29, 0.717) is 0 Å². The van der Waals surface area contributed by atoms with Crippen molar-refractivity contribution in [3.05, 3.63) is 58.2 Å². The number of aromatic nitrogens is 1. The standard InChI is InChI=1S/C14H8F5NO3/c1-5(21)6-2-8(20-3-6)14(22)23-4-7-9(15)11(17)13(19)12(18)10(7)16/h2-3,20H,4H2,1H3. The van der Waals surface area contributed by atoms with E-state index in [1.165, 1.54) is 13.1 Å². The van der Waals surface area contributed by atoms with E-state index in [0.717, 1.165) is 6.07 Å². The minimum absolute atomic E-state index is 0.160. The Morgan fingerprint density at radius 3 is 2.00 bits per heavy atom. The van der Waals surface area contributed by atoms with Gasteiger partial charge >= 0.3 is 5.97 Å². The van der Waals surface area contributed by atoms with E-state index in [9.17, 15) is 31.5 Å². The summed E-state index contributed by atoms with van der Waals surface area (Å²) in [6, 6.07) is 1.13. The van der Waals surface area contributed by atoms with E-state index < -0.39 is 47.2 Å². The number of halogens is 5. The van der Waals surface area contributed by atoms with E-state index >= 15 is 0 Å². The molecular weight excluding hydrogens is 325 g/mol. The van der Waals surface area contributed by atoms with Gasteiger partial charge in [0.1, 0.15) is 12.3 Å². The summed E-state index contributed by atoms with van der Waals surface area (Å²) in [6.07, 6.45) is 1.21. The highest BCUT2D eigenvalue weighted by Crippen LogP contribution is 2.23. The number of H-pyrrole nitrogens is 1. The van der Waals surface area contributed by atoms with Crippen molar-refractivity contribution < 1.29 is 36.3 Å². The van der Waals surface area contributed by atoms with Crippen LogP contribution in [0.15, 0.2) is 12.3 Å². The Hall–Kier alpha value is -2.71. The van der Waals surface area contributed by atoms with Crippen LogP contribution >= 0.6 is 0 Å². The molecule has 2 aromatic rings. The predicted molar refractivity (Wildman–Crippen MR) is 66.1 cm³/mol. The maximum absolute atomic E-state index is 13.4. The van der Waals surface area contributed by atoms with Gasteiger partial charge in [-0.1, -0.05) is 0 Å².